The lowest BCUT2D eigenvalue weighted by Gasteiger charge is -2.36. The van der Waals surface area contributed by atoms with Gasteiger partial charge in [-0.25, -0.2) is 18.7 Å². The van der Waals surface area contributed by atoms with E-state index >= 15 is 0 Å². The second kappa shape index (κ2) is 10.3. The molecule has 1 aromatic carbocycles. The molecule has 0 bridgehead atoms. The third-order valence-electron chi connectivity index (χ3n) is 5.89. The number of piperazine rings is 1. The van der Waals surface area contributed by atoms with Crippen LogP contribution in [-0.2, 0) is 13.0 Å². The SMILES string of the molecule is CCc1nc2ccc(CN3CCN(c4ccc(C(=O)N(C)I)nc4C(F)F)CC3)cc2[nH]c1=O. The summed E-state index contributed by atoms with van der Waals surface area (Å²) in [7, 11) is 1.55. The Morgan fingerprint density at radius 3 is 2.56 bits per heavy atom. The Morgan fingerprint density at radius 1 is 1.18 bits per heavy atom. The van der Waals surface area contributed by atoms with Crippen LogP contribution in [0.25, 0.3) is 11.0 Å². The fourth-order valence-corrected chi connectivity index (χ4v) is 4.33. The number of pyridine rings is 1. The number of hydrogen-bond donors (Lipinski definition) is 1. The van der Waals surface area contributed by atoms with Gasteiger partial charge in [-0.3, -0.25) is 17.6 Å². The highest BCUT2D eigenvalue weighted by Crippen LogP contribution is 2.30. The van der Waals surface area contributed by atoms with Gasteiger partial charge in [-0.15, -0.1) is 0 Å². The first-order chi connectivity index (χ1) is 16.3. The number of aryl methyl sites for hydroxylation is 1. The molecule has 4 rings (SSSR count). The Hall–Kier alpha value is -2.67. The maximum atomic E-state index is 13.7. The smallest absolute Gasteiger partial charge is 0.282 e. The number of anilines is 1. The molecule has 1 N–H and O–H groups in total. The monoisotopic (exact) mass is 582 g/mol. The van der Waals surface area contributed by atoms with E-state index in [0.717, 1.165) is 11.1 Å². The van der Waals surface area contributed by atoms with Gasteiger partial charge in [-0.2, -0.15) is 0 Å². The van der Waals surface area contributed by atoms with Crippen LogP contribution in [0.4, 0.5) is 14.5 Å². The first kappa shape index (κ1) is 24.5. The molecule has 8 nitrogen and oxygen atoms in total. The average molecular weight is 582 g/mol. The molecular formula is C23H25F2IN6O2. The Labute approximate surface area is 209 Å². The first-order valence-corrected chi connectivity index (χ1v) is 12.0. The topological polar surface area (TPSA) is 85.4 Å². The van der Waals surface area contributed by atoms with Crippen LogP contribution in [0.3, 0.4) is 0 Å². The van der Waals surface area contributed by atoms with E-state index in [1.54, 1.807) is 36.0 Å². The van der Waals surface area contributed by atoms with Crippen LogP contribution in [0.15, 0.2) is 35.1 Å². The van der Waals surface area contributed by atoms with E-state index < -0.39 is 12.3 Å². The molecule has 1 amide bonds. The molecule has 2 aromatic heterocycles. The lowest BCUT2D eigenvalue weighted by molar-refractivity contribution is 0.0899. The molecule has 1 fully saturated rings. The number of halogens is 3. The molecule has 0 spiro atoms. The molecule has 3 aromatic rings. The molecule has 0 atom stereocenters. The number of aromatic nitrogens is 3. The zero-order valence-electron chi connectivity index (χ0n) is 18.9. The van der Waals surface area contributed by atoms with Crippen molar-refractivity contribution in [1.82, 2.24) is 23.0 Å². The fraction of sp³-hybridized carbons (Fsp3) is 0.391. The van der Waals surface area contributed by atoms with Crippen molar-refractivity contribution in [3.63, 3.8) is 0 Å². The van der Waals surface area contributed by atoms with E-state index in [4.69, 9.17) is 0 Å². The molecule has 1 aliphatic rings. The van der Waals surface area contributed by atoms with E-state index in [-0.39, 0.29) is 16.9 Å². The summed E-state index contributed by atoms with van der Waals surface area (Å²) >= 11 is 1.79. The number of benzene rings is 1. The van der Waals surface area contributed by atoms with Gasteiger partial charge in [-0.1, -0.05) is 13.0 Å². The Morgan fingerprint density at radius 2 is 1.91 bits per heavy atom. The van der Waals surface area contributed by atoms with E-state index in [9.17, 15) is 18.4 Å². The van der Waals surface area contributed by atoms with Gasteiger partial charge in [0.2, 0.25) is 0 Å². The second-order valence-corrected chi connectivity index (χ2v) is 9.61. The number of carbonyl (C=O) groups excluding carboxylic acids is 1. The number of nitrogens with zero attached hydrogens (tertiary/aromatic N) is 5. The minimum Gasteiger partial charge on any atom is -0.367 e. The zero-order chi connectivity index (χ0) is 24.4. The number of H-pyrrole nitrogens is 1. The highest BCUT2D eigenvalue weighted by molar-refractivity contribution is 14.1. The van der Waals surface area contributed by atoms with Gasteiger partial charge in [-0.05, 0) is 36.2 Å². The van der Waals surface area contributed by atoms with Crippen molar-refractivity contribution < 1.29 is 13.6 Å². The summed E-state index contributed by atoms with van der Waals surface area (Å²) in [6, 6.07) is 8.91. The molecular weight excluding hydrogens is 557 g/mol. The average Bonchev–Trinajstić information content (AvgIpc) is 2.83. The van der Waals surface area contributed by atoms with Crippen molar-refractivity contribution in [2.24, 2.45) is 0 Å². The summed E-state index contributed by atoms with van der Waals surface area (Å²) in [5.74, 6) is -0.420. The predicted octanol–water partition coefficient (Wildman–Crippen LogP) is 3.56. The summed E-state index contributed by atoms with van der Waals surface area (Å²) in [6.07, 6.45) is -2.20. The van der Waals surface area contributed by atoms with Crippen molar-refractivity contribution in [1.29, 1.82) is 0 Å². The van der Waals surface area contributed by atoms with Crippen molar-refractivity contribution in [3.05, 3.63) is 63.3 Å². The van der Waals surface area contributed by atoms with Gasteiger partial charge in [0.15, 0.2) is 0 Å². The highest BCUT2D eigenvalue weighted by atomic mass is 127. The van der Waals surface area contributed by atoms with Crippen molar-refractivity contribution in [2.75, 3.05) is 38.1 Å². The van der Waals surface area contributed by atoms with Crippen molar-refractivity contribution in [3.8, 4) is 0 Å². The number of alkyl halides is 2. The summed E-state index contributed by atoms with van der Waals surface area (Å²) in [6.45, 7) is 5.06. The normalized spacial score (nSPS) is 14.7. The van der Waals surface area contributed by atoms with Crippen LogP contribution in [-0.4, -0.2) is 62.1 Å². The quantitative estimate of drug-likeness (QED) is 0.354. The molecule has 1 aliphatic heterocycles. The Balaban J connectivity index is 1.45. The number of carbonyl (C=O) groups is 1. The van der Waals surface area contributed by atoms with E-state index in [0.29, 0.717) is 56.0 Å². The van der Waals surface area contributed by atoms with Crippen molar-refractivity contribution in [2.45, 2.75) is 26.3 Å². The fourth-order valence-electron chi connectivity index (χ4n) is 4.09. The van der Waals surface area contributed by atoms with Gasteiger partial charge in [0, 0.05) is 39.8 Å². The van der Waals surface area contributed by atoms with Crippen LogP contribution in [0.1, 0.15) is 40.8 Å². The molecule has 0 radical (unpaired) electrons. The molecule has 3 heterocycles. The lowest BCUT2D eigenvalue weighted by Crippen LogP contribution is -2.46. The maximum absolute atomic E-state index is 13.7. The summed E-state index contributed by atoms with van der Waals surface area (Å²) in [5, 5.41) is 0. The third-order valence-corrected chi connectivity index (χ3v) is 6.33. The first-order valence-electron chi connectivity index (χ1n) is 11.0. The number of nitrogens with one attached hydrogen (secondary N) is 1. The largest absolute Gasteiger partial charge is 0.367 e. The summed E-state index contributed by atoms with van der Waals surface area (Å²) in [4.78, 5) is 39.6. The van der Waals surface area contributed by atoms with Crippen molar-refractivity contribution >= 4 is 45.5 Å². The number of amides is 1. The second-order valence-electron chi connectivity index (χ2n) is 8.16. The molecule has 0 unspecified atom stereocenters. The van der Waals surface area contributed by atoms with Gasteiger partial charge in [0.1, 0.15) is 17.1 Å². The molecule has 34 heavy (non-hydrogen) atoms. The standard InChI is InChI=1S/C23H25F2IN6O2/c1-3-15-22(33)29-18-12-14(4-5-16(18)27-15)13-31-8-10-32(11-9-31)19-7-6-17(23(34)30(2)26)28-20(19)21(24)25/h4-7,12,21H,3,8-11,13H2,1-2H3,(H,29,33). The van der Waals surface area contributed by atoms with Gasteiger partial charge in [0.05, 0.1) is 39.6 Å². The van der Waals surface area contributed by atoms with E-state index in [1.807, 2.05) is 30.0 Å². The van der Waals surface area contributed by atoms with Gasteiger partial charge >= 0.3 is 0 Å². The van der Waals surface area contributed by atoms with Crippen LogP contribution < -0.4 is 10.5 Å². The molecule has 0 aliphatic carbocycles. The lowest BCUT2D eigenvalue weighted by atomic mass is 10.1. The van der Waals surface area contributed by atoms with Crippen LogP contribution >= 0.6 is 22.9 Å². The number of aromatic amines is 1. The molecule has 11 heteroatoms. The maximum Gasteiger partial charge on any atom is 0.282 e. The summed E-state index contributed by atoms with van der Waals surface area (Å²) < 4.78 is 28.8. The minimum atomic E-state index is -2.78. The van der Waals surface area contributed by atoms with E-state index in [2.05, 4.69) is 19.9 Å². The number of fused-ring (bicyclic) bond motifs is 1. The minimum absolute atomic E-state index is 0.00415. The highest BCUT2D eigenvalue weighted by Gasteiger charge is 2.25. The third kappa shape index (κ3) is 5.19. The van der Waals surface area contributed by atoms with Crippen LogP contribution in [0.2, 0.25) is 0 Å². The predicted molar refractivity (Wildman–Crippen MR) is 135 cm³/mol. The Kier molecular flexibility index (Phi) is 7.41. The molecule has 1 saturated heterocycles. The number of hydrogen-bond acceptors (Lipinski definition) is 6. The van der Waals surface area contributed by atoms with E-state index in [1.165, 1.54) is 9.18 Å². The molecule has 180 valence electrons. The van der Waals surface area contributed by atoms with Crippen LogP contribution in [0.5, 0.6) is 0 Å². The van der Waals surface area contributed by atoms with Gasteiger partial charge < -0.3 is 9.88 Å². The van der Waals surface area contributed by atoms with Crippen LogP contribution in [0, 0.1) is 0 Å². The zero-order valence-corrected chi connectivity index (χ0v) is 21.1. The van der Waals surface area contributed by atoms with Gasteiger partial charge in [0.25, 0.3) is 17.9 Å². The summed E-state index contributed by atoms with van der Waals surface area (Å²) in [5.41, 5.74) is 2.87. The number of rotatable bonds is 6. The molecule has 0 saturated carbocycles. The Bertz CT molecular complexity index is 1260.